The molecular weight excluding hydrogens is 384 g/mol. The van der Waals surface area contributed by atoms with Gasteiger partial charge in [0.05, 0.1) is 17.9 Å². The third kappa shape index (κ3) is 4.43. The predicted molar refractivity (Wildman–Crippen MR) is 110 cm³/mol. The van der Waals surface area contributed by atoms with E-state index < -0.39 is 17.0 Å². The molecule has 0 aromatic carbocycles. The summed E-state index contributed by atoms with van der Waals surface area (Å²) in [6, 6.07) is 1.93. The maximum absolute atomic E-state index is 13.5. The average Bonchev–Trinajstić information content (AvgIpc) is 2.97. The first-order valence-corrected chi connectivity index (χ1v) is 11.0. The summed E-state index contributed by atoms with van der Waals surface area (Å²) < 4.78 is 17.1. The van der Waals surface area contributed by atoms with Gasteiger partial charge < -0.3 is 19.5 Å². The highest BCUT2D eigenvalue weighted by molar-refractivity contribution is 6.11. The number of hydrogen-bond acceptors (Lipinski definition) is 7. The van der Waals surface area contributed by atoms with Crippen LogP contribution in [-0.2, 0) is 27.2 Å². The molecule has 2 saturated heterocycles. The number of fused-ring (bicyclic) bond motifs is 1. The Labute approximate surface area is 177 Å². The fourth-order valence-corrected chi connectivity index (χ4v) is 4.64. The van der Waals surface area contributed by atoms with Crippen LogP contribution in [0.5, 0.6) is 0 Å². The molecule has 0 radical (unpaired) electrons. The minimum absolute atomic E-state index is 0.0374. The molecule has 0 bridgehead atoms. The Hall–Kier alpha value is -1.83. The molecule has 4 rings (SSSR count). The predicted octanol–water partition coefficient (Wildman–Crippen LogP) is 3.19. The molecule has 1 aromatic heterocycles. The zero-order chi connectivity index (χ0) is 21.4. The van der Waals surface area contributed by atoms with Crippen LogP contribution >= 0.6 is 0 Å². The number of carbonyl (C=O) groups excluding carboxylic acids is 2. The van der Waals surface area contributed by atoms with Crippen LogP contribution in [0.2, 0.25) is 0 Å². The first-order valence-electron chi connectivity index (χ1n) is 11.0. The summed E-state index contributed by atoms with van der Waals surface area (Å²) >= 11 is 0. The van der Waals surface area contributed by atoms with Crippen molar-refractivity contribution in [3.05, 3.63) is 28.6 Å². The smallest absolute Gasteiger partial charge is 0.358 e. The molecule has 1 aromatic rings. The molecule has 3 aliphatic rings. The molecule has 164 valence electrons. The highest BCUT2D eigenvalue weighted by Crippen LogP contribution is 2.44. The Morgan fingerprint density at radius 1 is 1.30 bits per heavy atom. The number of rotatable bonds is 4. The van der Waals surface area contributed by atoms with Crippen LogP contribution in [0.25, 0.3) is 0 Å². The normalized spacial score (nSPS) is 23.4. The van der Waals surface area contributed by atoms with Crippen LogP contribution in [0.1, 0.15) is 85.0 Å². The van der Waals surface area contributed by atoms with Crippen molar-refractivity contribution in [1.82, 2.24) is 10.3 Å². The molecule has 2 aliphatic heterocycles. The number of ether oxygens (including phenoxy) is 3. The van der Waals surface area contributed by atoms with E-state index in [4.69, 9.17) is 14.2 Å². The number of Topliss-reactive ketones (excluding diaryl/α,β-unsaturated/α-hetero) is 1. The van der Waals surface area contributed by atoms with Gasteiger partial charge in [0.25, 0.3) is 0 Å². The van der Waals surface area contributed by atoms with E-state index in [-0.39, 0.29) is 24.4 Å². The van der Waals surface area contributed by atoms with E-state index in [1.165, 1.54) is 0 Å². The van der Waals surface area contributed by atoms with E-state index in [0.29, 0.717) is 24.3 Å². The number of nitrogens with one attached hydrogen (secondary N) is 1. The second-order valence-electron chi connectivity index (χ2n) is 9.64. The van der Waals surface area contributed by atoms with Gasteiger partial charge in [-0.2, -0.15) is 0 Å². The van der Waals surface area contributed by atoms with Crippen molar-refractivity contribution in [2.45, 2.75) is 77.8 Å². The van der Waals surface area contributed by atoms with Gasteiger partial charge in [-0.25, -0.2) is 9.78 Å². The van der Waals surface area contributed by atoms with Crippen molar-refractivity contribution in [2.24, 2.45) is 5.41 Å². The quantitative estimate of drug-likeness (QED) is 0.754. The Bertz CT molecular complexity index is 818. The number of carbonyl (C=O) groups is 2. The van der Waals surface area contributed by atoms with Gasteiger partial charge in [-0.05, 0) is 84.0 Å². The molecular formula is C23H32N2O5. The van der Waals surface area contributed by atoms with Crippen LogP contribution in [0.4, 0.5) is 0 Å². The lowest BCUT2D eigenvalue weighted by atomic mass is 9.75. The number of pyridine rings is 1. The zero-order valence-electron chi connectivity index (χ0n) is 18.2. The molecule has 3 heterocycles. The van der Waals surface area contributed by atoms with Gasteiger partial charge in [0.2, 0.25) is 0 Å². The van der Waals surface area contributed by atoms with Crippen molar-refractivity contribution >= 4 is 11.8 Å². The van der Waals surface area contributed by atoms with Gasteiger partial charge in [0.1, 0.15) is 5.60 Å². The Morgan fingerprint density at radius 2 is 2.07 bits per heavy atom. The minimum atomic E-state index is -0.664. The Kier molecular flexibility index (Phi) is 5.97. The monoisotopic (exact) mass is 416 g/mol. The van der Waals surface area contributed by atoms with Crippen molar-refractivity contribution in [3.8, 4) is 0 Å². The summed E-state index contributed by atoms with van der Waals surface area (Å²) in [6.07, 6.45) is 4.95. The highest BCUT2D eigenvalue weighted by Gasteiger charge is 2.48. The summed E-state index contributed by atoms with van der Waals surface area (Å²) in [7, 11) is 0. The van der Waals surface area contributed by atoms with Gasteiger partial charge >= 0.3 is 5.97 Å². The first kappa shape index (κ1) is 21.4. The SMILES string of the molecule is CC(C)(C)OC(=O)c1nc(COC2CCCCO2)cc2c1C(=O)C1(CCNCC1)C2. The van der Waals surface area contributed by atoms with E-state index >= 15 is 0 Å². The van der Waals surface area contributed by atoms with Gasteiger partial charge in [0, 0.05) is 12.0 Å². The zero-order valence-corrected chi connectivity index (χ0v) is 18.2. The molecule has 7 nitrogen and oxygen atoms in total. The van der Waals surface area contributed by atoms with Gasteiger partial charge in [0.15, 0.2) is 17.8 Å². The maximum atomic E-state index is 13.5. The Morgan fingerprint density at radius 3 is 2.73 bits per heavy atom. The van der Waals surface area contributed by atoms with Crippen molar-refractivity contribution in [2.75, 3.05) is 19.7 Å². The summed E-state index contributed by atoms with van der Waals surface area (Å²) in [5.41, 5.74) is 1.01. The van der Waals surface area contributed by atoms with E-state index in [9.17, 15) is 9.59 Å². The number of piperidine rings is 1. The second kappa shape index (κ2) is 8.36. The molecule has 1 unspecified atom stereocenters. The molecule has 0 amide bonds. The van der Waals surface area contributed by atoms with E-state index in [1.807, 2.05) is 26.8 Å². The number of ketones is 1. The van der Waals surface area contributed by atoms with Gasteiger partial charge in [-0.3, -0.25) is 4.79 Å². The number of hydrogen-bond donors (Lipinski definition) is 1. The standard InChI is InChI=1S/C23H32N2O5/c1-22(2,3)30-21(27)19-18-15(13-23(20(18)26)7-9-24-10-8-23)12-16(25-19)14-29-17-6-4-5-11-28-17/h12,17,24H,4-11,13-14H2,1-3H3. The summed E-state index contributed by atoms with van der Waals surface area (Å²) in [5, 5.41) is 3.33. The van der Waals surface area contributed by atoms with Gasteiger partial charge in [-0.15, -0.1) is 0 Å². The topological polar surface area (TPSA) is 86.8 Å². The first-order chi connectivity index (χ1) is 14.3. The lowest BCUT2D eigenvalue weighted by Gasteiger charge is -2.32. The van der Waals surface area contributed by atoms with E-state index in [0.717, 1.165) is 50.8 Å². The molecule has 30 heavy (non-hydrogen) atoms. The lowest BCUT2D eigenvalue weighted by Crippen LogP contribution is -2.40. The molecule has 1 spiro atoms. The third-order valence-corrected chi connectivity index (χ3v) is 6.10. The van der Waals surface area contributed by atoms with Crippen molar-refractivity contribution in [1.29, 1.82) is 0 Å². The minimum Gasteiger partial charge on any atom is -0.455 e. The van der Waals surface area contributed by atoms with Crippen molar-refractivity contribution < 1.29 is 23.8 Å². The van der Waals surface area contributed by atoms with Crippen LogP contribution in [0.15, 0.2) is 6.07 Å². The maximum Gasteiger partial charge on any atom is 0.358 e. The third-order valence-electron chi connectivity index (χ3n) is 6.10. The number of nitrogens with zero attached hydrogens (tertiary/aromatic N) is 1. The Balaban J connectivity index is 1.64. The van der Waals surface area contributed by atoms with Crippen LogP contribution in [0.3, 0.4) is 0 Å². The molecule has 1 N–H and O–H groups in total. The second-order valence-corrected chi connectivity index (χ2v) is 9.64. The largest absolute Gasteiger partial charge is 0.455 e. The fourth-order valence-electron chi connectivity index (χ4n) is 4.64. The number of aromatic nitrogens is 1. The molecule has 0 saturated carbocycles. The van der Waals surface area contributed by atoms with Crippen LogP contribution in [-0.4, -0.2) is 48.3 Å². The van der Waals surface area contributed by atoms with Gasteiger partial charge in [-0.1, -0.05) is 0 Å². The van der Waals surface area contributed by atoms with Crippen molar-refractivity contribution in [3.63, 3.8) is 0 Å². The molecule has 1 atom stereocenters. The summed E-state index contributed by atoms with van der Waals surface area (Å²) in [6.45, 7) is 8.01. The fraction of sp³-hybridized carbons (Fsp3) is 0.696. The lowest BCUT2D eigenvalue weighted by molar-refractivity contribution is -0.169. The summed E-state index contributed by atoms with van der Waals surface area (Å²) in [5.74, 6) is -0.510. The highest BCUT2D eigenvalue weighted by atomic mass is 16.7. The van der Waals surface area contributed by atoms with E-state index in [1.54, 1.807) is 0 Å². The van der Waals surface area contributed by atoms with Crippen LogP contribution < -0.4 is 5.32 Å². The summed E-state index contributed by atoms with van der Waals surface area (Å²) in [4.78, 5) is 31.0. The molecule has 7 heteroatoms. The molecule has 1 aliphatic carbocycles. The number of esters is 1. The molecule has 2 fully saturated rings. The average molecular weight is 417 g/mol. The van der Waals surface area contributed by atoms with Crippen LogP contribution in [0, 0.1) is 5.41 Å². The van der Waals surface area contributed by atoms with E-state index in [2.05, 4.69) is 10.3 Å².